The number of hydrogen-bond donors (Lipinski definition) is 2. The van der Waals surface area contributed by atoms with Crippen LogP contribution >= 0.6 is 11.3 Å². The molecule has 2 aromatic rings. The van der Waals surface area contributed by atoms with Gasteiger partial charge in [0.1, 0.15) is 6.29 Å². The fourth-order valence-electron chi connectivity index (χ4n) is 2.79. The number of carbonyl (C=O) groups excluding carboxylic acids is 3. The first-order valence-electron chi connectivity index (χ1n) is 8.94. The molecule has 1 aliphatic rings. The Morgan fingerprint density at radius 2 is 1.96 bits per heavy atom. The third kappa shape index (κ3) is 5.13. The van der Waals surface area contributed by atoms with E-state index in [0.29, 0.717) is 5.13 Å². The lowest BCUT2D eigenvalue weighted by atomic mass is 9.90. The van der Waals surface area contributed by atoms with Crippen molar-refractivity contribution in [3.63, 3.8) is 0 Å². The molecule has 1 fully saturated rings. The van der Waals surface area contributed by atoms with E-state index < -0.39 is 5.41 Å². The number of primary amides is 1. The first-order valence-corrected chi connectivity index (χ1v) is 9.76. The SMILES string of the molecule is Cc1nc(NC(=O)N2CCCC2)sc1-c1ccnc(C(C)(C)C=O)c1.NC=O. The zero-order chi connectivity index (χ0) is 20.7. The van der Waals surface area contributed by atoms with Crippen LogP contribution in [0.15, 0.2) is 18.3 Å². The summed E-state index contributed by atoms with van der Waals surface area (Å²) in [6, 6.07) is 3.73. The summed E-state index contributed by atoms with van der Waals surface area (Å²) in [7, 11) is 0. The fourth-order valence-corrected chi connectivity index (χ4v) is 3.75. The first kappa shape index (κ1) is 21.5. The van der Waals surface area contributed by atoms with E-state index in [9.17, 15) is 9.59 Å². The van der Waals surface area contributed by atoms with Crippen molar-refractivity contribution in [3.05, 3.63) is 29.7 Å². The van der Waals surface area contributed by atoms with Gasteiger partial charge >= 0.3 is 6.03 Å². The standard InChI is InChI=1S/C18H22N4O2S.CH3NO/c1-12-15(13-6-7-19-14(10-13)18(2,3)11-23)25-16(20-12)21-17(24)22-8-4-5-9-22;2-1-3/h6-7,10-11H,4-5,8-9H2,1-3H3,(H,20,21,24);1H,(H2,2,3). The predicted octanol–water partition coefficient (Wildman–Crippen LogP) is 2.72. The number of rotatable bonds is 4. The number of nitrogens with one attached hydrogen (secondary N) is 1. The molecule has 8 nitrogen and oxygen atoms in total. The summed E-state index contributed by atoms with van der Waals surface area (Å²) in [6.45, 7) is 7.21. The van der Waals surface area contributed by atoms with Gasteiger partial charge in [0, 0.05) is 19.3 Å². The molecule has 3 heterocycles. The molecule has 0 atom stereocenters. The van der Waals surface area contributed by atoms with Gasteiger partial charge in [0.05, 0.1) is 21.7 Å². The quantitative estimate of drug-likeness (QED) is 0.761. The van der Waals surface area contributed by atoms with E-state index in [4.69, 9.17) is 4.79 Å². The number of anilines is 1. The zero-order valence-electron chi connectivity index (χ0n) is 16.3. The third-order valence-corrected chi connectivity index (χ3v) is 5.50. The molecule has 28 heavy (non-hydrogen) atoms. The molecule has 0 unspecified atom stereocenters. The number of aryl methyl sites for hydroxylation is 1. The second kappa shape index (κ2) is 9.41. The van der Waals surface area contributed by atoms with Gasteiger partial charge in [-0.1, -0.05) is 11.3 Å². The van der Waals surface area contributed by atoms with Gasteiger partial charge in [-0.3, -0.25) is 15.1 Å². The molecule has 0 radical (unpaired) electrons. The van der Waals surface area contributed by atoms with E-state index in [1.807, 2.05) is 37.8 Å². The van der Waals surface area contributed by atoms with Crippen LogP contribution in [-0.4, -0.2) is 46.7 Å². The van der Waals surface area contributed by atoms with Crippen LogP contribution in [0.1, 0.15) is 38.1 Å². The molecular formula is C19H25N5O3S. The molecule has 9 heteroatoms. The number of urea groups is 1. The summed E-state index contributed by atoms with van der Waals surface area (Å²) in [6.07, 6.45) is 4.97. The molecule has 3 N–H and O–H groups in total. The highest BCUT2D eigenvalue weighted by atomic mass is 32.1. The Labute approximate surface area is 168 Å². The Hall–Kier alpha value is -2.81. The number of amides is 3. The highest BCUT2D eigenvalue weighted by Crippen LogP contribution is 2.34. The summed E-state index contributed by atoms with van der Waals surface area (Å²) in [4.78, 5) is 43.7. The number of likely N-dealkylation sites (tertiary alicyclic amines) is 1. The zero-order valence-corrected chi connectivity index (χ0v) is 17.1. The van der Waals surface area contributed by atoms with Crippen molar-refractivity contribution in [2.75, 3.05) is 18.4 Å². The summed E-state index contributed by atoms with van der Waals surface area (Å²) in [5, 5.41) is 3.49. The number of aldehydes is 1. The van der Waals surface area contributed by atoms with Crippen molar-refractivity contribution < 1.29 is 14.4 Å². The summed E-state index contributed by atoms with van der Waals surface area (Å²) < 4.78 is 0. The van der Waals surface area contributed by atoms with Gasteiger partial charge in [-0.05, 0) is 51.3 Å². The summed E-state index contributed by atoms with van der Waals surface area (Å²) in [5.41, 5.74) is 6.05. The Morgan fingerprint density at radius 3 is 2.57 bits per heavy atom. The van der Waals surface area contributed by atoms with Crippen LogP contribution in [0.5, 0.6) is 0 Å². The van der Waals surface area contributed by atoms with E-state index in [-0.39, 0.29) is 12.4 Å². The molecule has 0 saturated carbocycles. The average Bonchev–Trinajstić information content (AvgIpc) is 3.32. The molecule has 0 aliphatic carbocycles. The normalized spacial score (nSPS) is 13.5. The van der Waals surface area contributed by atoms with Crippen LogP contribution in [0.25, 0.3) is 10.4 Å². The Kier molecular flexibility index (Phi) is 7.22. The van der Waals surface area contributed by atoms with Crippen LogP contribution in [0, 0.1) is 6.92 Å². The lowest BCUT2D eigenvalue weighted by Gasteiger charge is -2.16. The first-order chi connectivity index (χ1) is 13.3. The number of hydrogen-bond acceptors (Lipinski definition) is 6. The Bertz CT molecular complexity index is 844. The number of thiazole rings is 1. The second-order valence-electron chi connectivity index (χ2n) is 6.96. The molecule has 0 bridgehead atoms. The van der Waals surface area contributed by atoms with Crippen molar-refractivity contribution in [3.8, 4) is 10.4 Å². The van der Waals surface area contributed by atoms with E-state index >= 15 is 0 Å². The summed E-state index contributed by atoms with van der Waals surface area (Å²) in [5.74, 6) is 0. The number of aromatic nitrogens is 2. The maximum Gasteiger partial charge on any atom is 0.323 e. The van der Waals surface area contributed by atoms with E-state index in [1.165, 1.54) is 11.3 Å². The summed E-state index contributed by atoms with van der Waals surface area (Å²) >= 11 is 1.44. The number of nitrogens with zero attached hydrogens (tertiary/aromatic N) is 3. The molecule has 3 rings (SSSR count). The van der Waals surface area contributed by atoms with Crippen molar-refractivity contribution in [1.29, 1.82) is 0 Å². The molecule has 3 amide bonds. The monoisotopic (exact) mass is 403 g/mol. The molecule has 150 valence electrons. The lowest BCUT2D eigenvalue weighted by molar-refractivity contribution is -0.111. The molecule has 0 aromatic carbocycles. The van der Waals surface area contributed by atoms with Crippen LogP contribution in [0.2, 0.25) is 0 Å². The van der Waals surface area contributed by atoms with Gasteiger partial charge in [-0.2, -0.15) is 0 Å². The van der Waals surface area contributed by atoms with Crippen LogP contribution in [-0.2, 0) is 15.0 Å². The minimum atomic E-state index is -0.637. The number of pyridine rings is 1. The van der Waals surface area contributed by atoms with Crippen molar-refractivity contribution in [2.45, 2.75) is 39.0 Å². The van der Waals surface area contributed by atoms with Crippen molar-refractivity contribution in [1.82, 2.24) is 14.9 Å². The lowest BCUT2D eigenvalue weighted by Crippen LogP contribution is -2.32. The Balaban J connectivity index is 0.000000878. The smallest absolute Gasteiger partial charge is 0.323 e. The maximum atomic E-state index is 12.2. The number of nitrogens with two attached hydrogens (primary N) is 1. The van der Waals surface area contributed by atoms with Gasteiger partial charge in [0.15, 0.2) is 5.13 Å². The minimum absolute atomic E-state index is 0.0877. The van der Waals surface area contributed by atoms with Gasteiger partial charge in [-0.15, -0.1) is 0 Å². The van der Waals surface area contributed by atoms with Crippen LogP contribution in [0.3, 0.4) is 0 Å². The van der Waals surface area contributed by atoms with E-state index in [2.05, 4.69) is 21.0 Å². The molecular weight excluding hydrogens is 378 g/mol. The predicted molar refractivity (Wildman–Crippen MR) is 109 cm³/mol. The minimum Gasteiger partial charge on any atom is -0.372 e. The van der Waals surface area contributed by atoms with Gasteiger partial charge < -0.3 is 15.4 Å². The molecule has 1 saturated heterocycles. The average molecular weight is 404 g/mol. The van der Waals surface area contributed by atoms with E-state index in [0.717, 1.165) is 54.0 Å². The highest BCUT2D eigenvalue weighted by molar-refractivity contribution is 7.19. The van der Waals surface area contributed by atoms with Gasteiger partial charge in [0.2, 0.25) is 6.41 Å². The van der Waals surface area contributed by atoms with E-state index in [1.54, 1.807) is 6.20 Å². The second-order valence-corrected chi connectivity index (χ2v) is 7.96. The van der Waals surface area contributed by atoms with Crippen molar-refractivity contribution >= 4 is 35.2 Å². The molecule has 1 aliphatic heterocycles. The molecule has 2 aromatic heterocycles. The largest absolute Gasteiger partial charge is 0.372 e. The maximum absolute atomic E-state index is 12.2. The van der Waals surface area contributed by atoms with Gasteiger partial charge in [-0.25, -0.2) is 9.78 Å². The van der Waals surface area contributed by atoms with Crippen LogP contribution < -0.4 is 11.1 Å². The van der Waals surface area contributed by atoms with Gasteiger partial charge in [0.25, 0.3) is 0 Å². The fraction of sp³-hybridized carbons (Fsp3) is 0.421. The van der Waals surface area contributed by atoms with Crippen LogP contribution in [0.4, 0.5) is 9.93 Å². The topological polar surface area (TPSA) is 118 Å². The molecule has 0 spiro atoms. The Morgan fingerprint density at radius 1 is 1.32 bits per heavy atom. The highest BCUT2D eigenvalue weighted by Gasteiger charge is 2.23. The van der Waals surface area contributed by atoms with Crippen molar-refractivity contribution in [2.24, 2.45) is 5.73 Å². The third-order valence-electron chi connectivity index (χ3n) is 4.38. The number of carbonyl (C=O) groups is 3.